The molecule has 0 unspecified atom stereocenters. The van der Waals surface area contributed by atoms with E-state index in [-0.39, 0.29) is 5.41 Å². The van der Waals surface area contributed by atoms with Gasteiger partial charge in [0, 0.05) is 22.5 Å². The number of nitrogens with zero attached hydrogens (tertiary/aromatic N) is 1. The molecule has 0 aliphatic carbocycles. The van der Waals surface area contributed by atoms with Crippen molar-refractivity contribution in [2.45, 2.75) is 12.3 Å². The zero-order chi connectivity index (χ0) is 30.5. The standard InChI is InChI=1S/C44H35N/c1-44(38-14-6-2-7-15-38,39-16-8-3-9-17-39)40-30-26-36(27-31-40)34-22-24-35(25-23-34)37-28-32-43(33-29-37)45(41-18-10-4-11-19-41)42-20-12-5-13-21-42/h2-33H,1H3. The minimum Gasteiger partial charge on any atom is -0.311 e. The number of benzene rings is 7. The Bertz CT molecular complexity index is 1870. The van der Waals surface area contributed by atoms with Crippen LogP contribution in [-0.2, 0) is 5.41 Å². The third-order valence-electron chi connectivity index (χ3n) is 8.87. The van der Waals surface area contributed by atoms with E-state index in [1.165, 1.54) is 38.9 Å². The van der Waals surface area contributed by atoms with Gasteiger partial charge >= 0.3 is 0 Å². The van der Waals surface area contributed by atoms with Gasteiger partial charge in [0.15, 0.2) is 0 Å². The third-order valence-corrected chi connectivity index (χ3v) is 8.87. The van der Waals surface area contributed by atoms with Crippen LogP contribution < -0.4 is 4.90 Å². The fourth-order valence-electron chi connectivity index (χ4n) is 6.30. The van der Waals surface area contributed by atoms with Gasteiger partial charge in [-0.25, -0.2) is 0 Å². The quantitative estimate of drug-likeness (QED) is 0.162. The summed E-state index contributed by atoms with van der Waals surface area (Å²) in [6.07, 6.45) is 0. The van der Waals surface area contributed by atoms with E-state index in [4.69, 9.17) is 0 Å². The highest BCUT2D eigenvalue weighted by Gasteiger charge is 2.30. The smallest absolute Gasteiger partial charge is 0.0462 e. The summed E-state index contributed by atoms with van der Waals surface area (Å²) in [6, 6.07) is 69.5. The molecule has 45 heavy (non-hydrogen) atoms. The van der Waals surface area contributed by atoms with Gasteiger partial charge in [0.1, 0.15) is 0 Å². The second-order valence-corrected chi connectivity index (χ2v) is 11.6. The first-order valence-corrected chi connectivity index (χ1v) is 15.5. The lowest BCUT2D eigenvalue weighted by Crippen LogP contribution is -2.25. The van der Waals surface area contributed by atoms with Crippen molar-refractivity contribution in [3.05, 3.63) is 211 Å². The van der Waals surface area contributed by atoms with E-state index < -0.39 is 0 Å². The zero-order valence-corrected chi connectivity index (χ0v) is 25.4. The lowest BCUT2D eigenvalue weighted by molar-refractivity contribution is 0.692. The van der Waals surface area contributed by atoms with Crippen molar-refractivity contribution >= 4 is 17.1 Å². The van der Waals surface area contributed by atoms with Crippen LogP contribution in [0.25, 0.3) is 22.3 Å². The molecule has 216 valence electrons. The largest absolute Gasteiger partial charge is 0.311 e. The van der Waals surface area contributed by atoms with Crippen LogP contribution in [0.5, 0.6) is 0 Å². The van der Waals surface area contributed by atoms with Crippen LogP contribution in [0, 0.1) is 0 Å². The van der Waals surface area contributed by atoms with Crippen LogP contribution in [0.1, 0.15) is 23.6 Å². The Hall–Kier alpha value is -5.66. The Morgan fingerprint density at radius 2 is 0.556 bits per heavy atom. The van der Waals surface area contributed by atoms with E-state index in [0.29, 0.717) is 0 Å². The Labute approximate surface area is 266 Å². The Kier molecular flexibility index (Phi) is 7.83. The maximum absolute atomic E-state index is 2.33. The summed E-state index contributed by atoms with van der Waals surface area (Å²) in [4.78, 5) is 2.29. The average Bonchev–Trinajstić information content (AvgIpc) is 3.13. The zero-order valence-electron chi connectivity index (χ0n) is 25.4. The molecule has 0 radical (unpaired) electrons. The molecule has 0 saturated carbocycles. The van der Waals surface area contributed by atoms with Gasteiger partial charge < -0.3 is 4.90 Å². The van der Waals surface area contributed by atoms with Crippen LogP contribution in [-0.4, -0.2) is 0 Å². The third kappa shape index (κ3) is 5.69. The van der Waals surface area contributed by atoms with Crippen molar-refractivity contribution in [3.8, 4) is 22.3 Å². The fraction of sp³-hybridized carbons (Fsp3) is 0.0455. The van der Waals surface area contributed by atoms with Crippen LogP contribution in [0.2, 0.25) is 0 Å². The van der Waals surface area contributed by atoms with E-state index in [1.54, 1.807) is 0 Å². The van der Waals surface area contributed by atoms with E-state index in [9.17, 15) is 0 Å². The summed E-state index contributed by atoms with van der Waals surface area (Å²) >= 11 is 0. The normalized spacial score (nSPS) is 11.2. The average molecular weight is 578 g/mol. The minimum atomic E-state index is -0.242. The molecule has 0 spiro atoms. The summed E-state index contributed by atoms with van der Waals surface area (Å²) < 4.78 is 0. The molecule has 0 aliphatic rings. The van der Waals surface area contributed by atoms with Crippen molar-refractivity contribution in [1.82, 2.24) is 0 Å². The number of para-hydroxylation sites is 2. The first kappa shape index (κ1) is 28.1. The Morgan fingerprint density at radius 3 is 0.933 bits per heavy atom. The van der Waals surface area contributed by atoms with Crippen LogP contribution in [0.15, 0.2) is 194 Å². The first-order chi connectivity index (χ1) is 22.2. The maximum atomic E-state index is 2.33. The molecular formula is C44H35N. The van der Waals surface area contributed by atoms with E-state index in [0.717, 1.165) is 17.1 Å². The number of rotatable bonds is 8. The van der Waals surface area contributed by atoms with Crippen molar-refractivity contribution in [3.63, 3.8) is 0 Å². The summed E-state index contributed by atoms with van der Waals surface area (Å²) in [5.41, 5.74) is 11.8. The predicted octanol–water partition coefficient (Wildman–Crippen LogP) is 11.8. The lowest BCUT2D eigenvalue weighted by atomic mass is 9.71. The van der Waals surface area contributed by atoms with Crippen molar-refractivity contribution < 1.29 is 0 Å². The molecule has 0 N–H and O–H groups in total. The second-order valence-electron chi connectivity index (χ2n) is 11.6. The van der Waals surface area contributed by atoms with E-state index in [2.05, 4.69) is 206 Å². The lowest BCUT2D eigenvalue weighted by Gasteiger charge is -2.32. The molecule has 0 saturated heterocycles. The molecule has 0 aromatic heterocycles. The van der Waals surface area contributed by atoms with Gasteiger partial charge in [0.2, 0.25) is 0 Å². The highest BCUT2D eigenvalue weighted by atomic mass is 15.1. The van der Waals surface area contributed by atoms with Crippen LogP contribution in [0.4, 0.5) is 17.1 Å². The molecule has 0 atom stereocenters. The van der Waals surface area contributed by atoms with E-state index in [1.807, 2.05) is 0 Å². The highest BCUT2D eigenvalue weighted by molar-refractivity contribution is 5.78. The molecule has 7 aromatic carbocycles. The van der Waals surface area contributed by atoms with Gasteiger partial charge in [-0.15, -0.1) is 0 Å². The molecule has 0 heterocycles. The molecular weight excluding hydrogens is 542 g/mol. The fourth-order valence-corrected chi connectivity index (χ4v) is 6.30. The Balaban J connectivity index is 1.14. The van der Waals surface area contributed by atoms with Crippen LogP contribution >= 0.6 is 0 Å². The predicted molar refractivity (Wildman–Crippen MR) is 190 cm³/mol. The minimum absolute atomic E-state index is 0.242. The first-order valence-electron chi connectivity index (χ1n) is 15.5. The summed E-state index contributed by atoms with van der Waals surface area (Å²) in [6.45, 7) is 2.33. The van der Waals surface area contributed by atoms with Crippen molar-refractivity contribution in [2.24, 2.45) is 0 Å². The number of anilines is 3. The number of hydrogen-bond donors (Lipinski definition) is 0. The van der Waals surface area contributed by atoms with Gasteiger partial charge in [-0.2, -0.15) is 0 Å². The van der Waals surface area contributed by atoms with Crippen molar-refractivity contribution in [1.29, 1.82) is 0 Å². The molecule has 7 rings (SSSR count). The van der Waals surface area contributed by atoms with Gasteiger partial charge in [0.25, 0.3) is 0 Å². The molecule has 0 aliphatic heterocycles. The number of hydrogen-bond acceptors (Lipinski definition) is 1. The molecule has 1 nitrogen and oxygen atoms in total. The molecule has 0 amide bonds. The van der Waals surface area contributed by atoms with Crippen molar-refractivity contribution in [2.75, 3.05) is 4.90 Å². The molecule has 0 bridgehead atoms. The van der Waals surface area contributed by atoms with Gasteiger partial charge in [0.05, 0.1) is 0 Å². The molecule has 7 aromatic rings. The Morgan fingerprint density at radius 1 is 0.289 bits per heavy atom. The van der Waals surface area contributed by atoms with Gasteiger partial charge in [-0.1, -0.05) is 158 Å². The SMILES string of the molecule is CC(c1ccccc1)(c1ccccc1)c1ccc(-c2ccc(-c3ccc(N(c4ccccc4)c4ccccc4)cc3)cc2)cc1. The van der Waals surface area contributed by atoms with Crippen LogP contribution in [0.3, 0.4) is 0 Å². The summed E-state index contributed by atoms with van der Waals surface area (Å²) in [5.74, 6) is 0. The monoisotopic (exact) mass is 577 g/mol. The second kappa shape index (κ2) is 12.5. The van der Waals surface area contributed by atoms with Gasteiger partial charge in [-0.3, -0.25) is 0 Å². The topological polar surface area (TPSA) is 3.24 Å². The molecule has 1 heteroatoms. The summed E-state index contributed by atoms with van der Waals surface area (Å²) in [5, 5.41) is 0. The van der Waals surface area contributed by atoms with Gasteiger partial charge in [-0.05, 0) is 82.3 Å². The van der Waals surface area contributed by atoms with E-state index >= 15 is 0 Å². The summed E-state index contributed by atoms with van der Waals surface area (Å²) in [7, 11) is 0. The maximum Gasteiger partial charge on any atom is 0.0462 e. The highest BCUT2D eigenvalue weighted by Crippen LogP contribution is 2.40. The molecule has 0 fully saturated rings.